The summed E-state index contributed by atoms with van der Waals surface area (Å²) in [4.78, 5) is 5.13. The van der Waals surface area contributed by atoms with Crippen molar-refractivity contribution in [1.82, 2.24) is 30.0 Å². The van der Waals surface area contributed by atoms with Crippen LogP contribution >= 0.6 is 12.4 Å². The molecule has 7 nitrogen and oxygen atoms in total. The predicted molar refractivity (Wildman–Crippen MR) is 120 cm³/mol. The van der Waals surface area contributed by atoms with Gasteiger partial charge in [0.1, 0.15) is 0 Å². The topological polar surface area (TPSA) is 59.3 Å². The Labute approximate surface area is 186 Å². The molecule has 2 unspecified atom stereocenters. The summed E-state index contributed by atoms with van der Waals surface area (Å²) >= 11 is 0. The third-order valence-electron chi connectivity index (χ3n) is 6.05. The zero-order chi connectivity index (χ0) is 20.1. The summed E-state index contributed by atoms with van der Waals surface area (Å²) < 4.78 is 7.82. The van der Waals surface area contributed by atoms with Gasteiger partial charge >= 0.3 is 0 Å². The number of aromatic nitrogens is 4. The number of rotatable bonds is 8. The minimum atomic E-state index is 0. The third-order valence-corrected chi connectivity index (χ3v) is 6.05. The highest BCUT2D eigenvalue weighted by molar-refractivity contribution is 5.85. The molecule has 2 aliphatic heterocycles. The number of benzene rings is 1. The Kier molecular flexibility index (Phi) is 8.62. The van der Waals surface area contributed by atoms with E-state index in [1.807, 2.05) is 4.68 Å². The van der Waals surface area contributed by atoms with Crippen LogP contribution in [-0.4, -0.2) is 68.9 Å². The lowest BCUT2D eigenvalue weighted by molar-refractivity contribution is 0.0697. The molecule has 0 aliphatic carbocycles. The summed E-state index contributed by atoms with van der Waals surface area (Å²) in [5.41, 5.74) is 1.39. The standard InChI is InChI=1S/C22H34N6O.ClH/c1-18(2)15-21(22-23-24-25-28(22)17-20-9-6-14-29-20)27-12-10-26(11-13-27)16-19-7-4-3-5-8-19;/h3-5,7-8,18,20-21H,6,9-17H2,1-2H3;1H. The lowest BCUT2D eigenvalue weighted by atomic mass is 10.0. The fourth-order valence-electron chi connectivity index (χ4n) is 4.50. The van der Waals surface area contributed by atoms with Crippen LogP contribution < -0.4 is 0 Å². The van der Waals surface area contributed by atoms with Crippen molar-refractivity contribution in [2.75, 3.05) is 32.8 Å². The van der Waals surface area contributed by atoms with Gasteiger partial charge in [-0.3, -0.25) is 9.80 Å². The van der Waals surface area contributed by atoms with Crippen molar-refractivity contribution in [3.8, 4) is 0 Å². The average molecular weight is 435 g/mol. The van der Waals surface area contributed by atoms with E-state index in [1.54, 1.807) is 0 Å². The van der Waals surface area contributed by atoms with Crippen LogP contribution in [0.15, 0.2) is 30.3 Å². The number of hydrogen-bond acceptors (Lipinski definition) is 6. The van der Waals surface area contributed by atoms with Gasteiger partial charge in [0.15, 0.2) is 5.82 Å². The number of hydrogen-bond donors (Lipinski definition) is 0. The number of piperazine rings is 1. The van der Waals surface area contributed by atoms with Gasteiger partial charge in [-0.1, -0.05) is 44.2 Å². The van der Waals surface area contributed by atoms with E-state index in [1.165, 1.54) is 5.56 Å². The molecule has 30 heavy (non-hydrogen) atoms. The highest BCUT2D eigenvalue weighted by Gasteiger charge is 2.30. The Morgan fingerprint density at radius 1 is 1.10 bits per heavy atom. The predicted octanol–water partition coefficient (Wildman–Crippen LogP) is 3.18. The third kappa shape index (κ3) is 6.00. The second kappa shape index (κ2) is 11.2. The highest BCUT2D eigenvalue weighted by Crippen LogP contribution is 2.28. The molecule has 1 aromatic carbocycles. The Balaban J connectivity index is 0.00000256. The molecule has 2 fully saturated rings. The maximum atomic E-state index is 5.82. The molecular formula is C22H35ClN6O. The van der Waals surface area contributed by atoms with E-state index < -0.39 is 0 Å². The quantitative estimate of drug-likeness (QED) is 0.636. The van der Waals surface area contributed by atoms with Crippen LogP contribution in [0.25, 0.3) is 0 Å². The van der Waals surface area contributed by atoms with Crippen LogP contribution in [0.5, 0.6) is 0 Å². The Morgan fingerprint density at radius 2 is 1.87 bits per heavy atom. The van der Waals surface area contributed by atoms with Gasteiger partial charge in [-0.15, -0.1) is 17.5 Å². The molecule has 4 rings (SSSR count). The molecule has 0 bridgehead atoms. The second-order valence-corrected chi connectivity index (χ2v) is 8.80. The minimum Gasteiger partial charge on any atom is -0.376 e. The zero-order valence-corrected chi connectivity index (χ0v) is 19.0. The summed E-state index contributed by atoms with van der Waals surface area (Å²) in [6.07, 6.45) is 3.57. The first-order valence-electron chi connectivity index (χ1n) is 11.1. The first-order chi connectivity index (χ1) is 14.2. The molecule has 0 spiro atoms. The van der Waals surface area contributed by atoms with Gasteiger partial charge in [-0.2, -0.15) is 0 Å². The largest absolute Gasteiger partial charge is 0.376 e. The van der Waals surface area contributed by atoms with Gasteiger partial charge in [0, 0.05) is 39.3 Å². The smallest absolute Gasteiger partial charge is 0.168 e. The molecule has 2 saturated heterocycles. The number of ether oxygens (including phenoxy) is 1. The minimum absolute atomic E-state index is 0. The molecule has 0 N–H and O–H groups in total. The van der Waals surface area contributed by atoms with Crippen molar-refractivity contribution in [2.24, 2.45) is 5.92 Å². The Hall–Kier alpha value is -1.54. The number of tetrazole rings is 1. The van der Waals surface area contributed by atoms with Crippen molar-refractivity contribution in [1.29, 1.82) is 0 Å². The SMILES string of the molecule is CC(C)CC(c1nnnn1CC1CCCO1)N1CCN(Cc2ccccc2)CC1.Cl. The van der Waals surface area contributed by atoms with Crippen LogP contribution in [0.2, 0.25) is 0 Å². The van der Waals surface area contributed by atoms with E-state index in [0.29, 0.717) is 5.92 Å². The van der Waals surface area contributed by atoms with Crippen LogP contribution in [0.4, 0.5) is 0 Å². The van der Waals surface area contributed by atoms with E-state index in [9.17, 15) is 0 Å². The summed E-state index contributed by atoms with van der Waals surface area (Å²) in [5, 5.41) is 12.8. The van der Waals surface area contributed by atoms with Gasteiger partial charge in [-0.25, -0.2) is 4.68 Å². The van der Waals surface area contributed by atoms with Crippen molar-refractivity contribution in [3.05, 3.63) is 41.7 Å². The lowest BCUT2D eigenvalue weighted by Gasteiger charge is -2.39. The molecule has 0 radical (unpaired) electrons. The molecule has 3 heterocycles. The van der Waals surface area contributed by atoms with Gasteiger partial charge in [0.05, 0.1) is 18.7 Å². The molecule has 1 aromatic heterocycles. The van der Waals surface area contributed by atoms with Crippen molar-refractivity contribution in [3.63, 3.8) is 0 Å². The van der Waals surface area contributed by atoms with Crippen molar-refractivity contribution < 1.29 is 4.74 Å². The van der Waals surface area contributed by atoms with E-state index in [-0.39, 0.29) is 24.6 Å². The average Bonchev–Trinajstić information content (AvgIpc) is 3.40. The molecular weight excluding hydrogens is 400 g/mol. The fraction of sp³-hybridized carbons (Fsp3) is 0.682. The molecule has 0 amide bonds. The number of halogens is 1. The lowest BCUT2D eigenvalue weighted by Crippen LogP contribution is -2.48. The summed E-state index contributed by atoms with van der Waals surface area (Å²) in [5.74, 6) is 1.60. The van der Waals surface area contributed by atoms with E-state index in [2.05, 4.69) is 69.5 Å². The molecule has 2 aromatic rings. The van der Waals surface area contributed by atoms with E-state index >= 15 is 0 Å². The monoisotopic (exact) mass is 434 g/mol. The van der Waals surface area contributed by atoms with Crippen molar-refractivity contribution >= 4 is 12.4 Å². The Morgan fingerprint density at radius 3 is 2.53 bits per heavy atom. The first kappa shape index (κ1) is 23.1. The highest BCUT2D eigenvalue weighted by atomic mass is 35.5. The molecule has 2 aliphatic rings. The zero-order valence-electron chi connectivity index (χ0n) is 18.2. The number of nitrogens with zero attached hydrogens (tertiary/aromatic N) is 6. The maximum absolute atomic E-state index is 5.82. The van der Waals surface area contributed by atoms with Gasteiger partial charge in [0.2, 0.25) is 0 Å². The molecule has 2 atom stereocenters. The summed E-state index contributed by atoms with van der Waals surface area (Å²) in [6.45, 7) is 11.5. The van der Waals surface area contributed by atoms with Crippen molar-refractivity contribution in [2.45, 2.75) is 58.3 Å². The van der Waals surface area contributed by atoms with Gasteiger partial charge < -0.3 is 4.74 Å². The summed E-state index contributed by atoms with van der Waals surface area (Å²) in [7, 11) is 0. The normalized spacial score (nSPS) is 21.6. The van der Waals surface area contributed by atoms with Crippen LogP contribution in [0.1, 0.15) is 50.5 Å². The summed E-state index contributed by atoms with van der Waals surface area (Å²) in [6, 6.07) is 11.0. The molecule has 166 valence electrons. The Bertz CT molecular complexity index is 741. The van der Waals surface area contributed by atoms with Crippen LogP contribution in [0.3, 0.4) is 0 Å². The maximum Gasteiger partial charge on any atom is 0.168 e. The van der Waals surface area contributed by atoms with Crippen LogP contribution in [0, 0.1) is 5.92 Å². The molecule has 0 saturated carbocycles. The van der Waals surface area contributed by atoms with Gasteiger partial charge in [-0.05, 0) is 41.2 Å². The molecule has 8 heteroatoms. The van der Waals surface area contributed by atoms with E-state index in [0.717, 1.165) is 71.0 Å². The van der Waals surface area contributed by atoms with E-state index in [4.69, 9.17) is 4.74 Å². The van der Waals surface area contributed by atoms with Gasteiger partial charge in [0.25, 0.3) is 0 Å². The first-order valence-corrected chi connectivity index (χ1v) is 11.1. The van der Waals surface area contributed by atoms with Crippen LogP contribution in [-0.2, 0) is 17.8 Å². The second-order valence-electron chi connectivity index (χ2n) is 8.80. The fourth-order valence-corrected chi connectivity index (χ4v) is 4.50.